The van der Waals surface area contributed by atoms with Crippen LogP contribution >= 0.6 is 0 Å². The molecule has 5 nitrogen and oxygen atoms in total. The lowest BCUT2D eigenvalue weighted by molar-refractivity contribution is 0.159. The van der Waals surface area contributed by atoms with Crippen LogP contribution in [0.4, 0.5) is 18.9 Å². The third-order valence-electron chi connectivity index (χ3n) is 2.52. The molecule has 0 saturated carbocycles. The Bertz CT molecular complexity index is 610. The minimum absolute atomic E-state index is 0.0112. The molecule has 108 valence electrons. The summed E-state index contributed by atoms with van der Waals surface area (Å²) in [6.45, 7) is -3.33. The quantitative estimate of drug-likeness (QED) is 0.828. The Hall–Kier alpha value is -2.38. The number of alkyl halides is 3. The number of rotatable bonds is 6. The molecule has 0 amide bonds. The average Bonchev–Trinajstić information content (AvgIpc) is 2.44. The van der Waals surface area contributed by atoms with Crippen LogP contribution in [0.15, 0.2) is 18.2 Å². The van der Waals surface area contributed by atoms with Gasteiger partial charge in [0.1, 0.15) is 11.2 Å². The minimum Gasteiger partial charge on any atom is -0.459 e. The summed E-state index contributed by atoms with van der Waals surface area (Å²) in [4.78, 5) is 3.97. The van der Waals surface area contributed by atoms with Crippen molar-refractivity contribution in [3.05, 3.63) is 18.2 Å². The van der Waals surface area contributed by atoms with Gasteiger partial charge >= 0.3 is 0 Å². The molecule has 0 bridgehead atoms. The number of anilines is 1. The lowest BCUT2D eigenvalue weighted by Gasteiger charge is -2.13. The van der Waals surface area contributed by atoms with Gasteiger partial charge in [-0.25, -0.2) is 18.2 Å². The van der Waals surface area contributed by atoms with E-state index in [1.54, 1.807) is 0 Å². The zero-order valence-electron chi connectivity index (χ0n) is 10.2. The van der Waals surface area contributed by atoms with E-state index in [1.165, 1.54) is 18.2 Å². The second-order valence-electron chi connectivity index (χ2n) is 3.60. The van der Waals surface area contributed by atoms with Gasteiger partial charge in [-0.1, -0.05) is 0 Å². The highest BCUT2D eigenvalue weighted by atomic mass is 19.1. The van der Waals surface area contributed by atoms with E-state index in [0.717, 1.165) is 0 Å². The third kappa shape index (κ3) is 2.63. The summed E-state index contributed by atoms with van der Waals surface area (Å²) in [6, 6.07) is 4.34. The van der Waals surface area contributed by atoms with Gasteiger partial charge in [0.15, 0.2) is 11.5 Å². The van der Waals surface area contributed by atoms with Crippen molar-refractivity contribution >= 4 is 16.6 Å². The van der Waals surface area contributed by atoms with Crippen LogP contribution in [0.25, 0.3) is 10.9 Å². The van der Waals surface area contributed by atoms with Crippen molar-refractivity contribution < 1.29 is 27.4 Å². The molecule has 1 aromatic heterocycles. The first kappa shape index (κ1) is 14.0. The number of aromatic nitrogens is 1. The van der Waals surface area contributed by atoms with Crippen molar-refractivity contribution in [2.75, 3.05) is 26.3 Å². The van der Waals surface area contributed by atoms with Gasteiger partial charge < -0.3 is 19.9 Å². The largest absolute Gasteiger partial charge is 0.459 e. The summed E-state index contributed by atoms with van der Waals surface area (Å²) >= 11 is 0. The van der Waals surface area contributed by atoms with E-state index in [1.807, 2.05) is 0 Å². The van der Waals surface area contributed by atoms with E-state index < -0.39 is 20.6 Å². The average molecular weight is 288 g/mol. The molecular weight excluding hydrogens is 277 g/mol. The van der Waals surface area contributed by atoms with Gasteiger partial charge in [0.25, 0.3) is 0 Å². The zero-order chi connectivity index (χ0) is 14.5. The van der Waals surface area contributed by atoms with Crippen molar-refractivity contribution in [2.45, 2.75) is 0 Å². The number of pyridine rings is 1. The van der Waals surface area contributed by atoms with Gasteiger partial charge in [0.2, 0.25) is 26.5 Å². The van der Waals surface area contributed by atoms with Crippen LogP contribution in [-0.4, -0.2) is 25.6 Å². The van der Waals surface area contributed by atoms with Crippen LogP contribution in [-0.2, 0) is 0 Å². The number of hydrogen-bond acceptors (Lipinski definition) is 5. The third-order valence-corrected chi connectivity index (χ3v) is 2.52. The molecule has 0 aliphatic carbocycles. The summed E-state index contributed by atoms with van der Waals surface area (Å²) in [5.41, 5.74) is 5.96. The molecule has 1 aromatic carbocycles. The first-order valence-corrected chi connectivity index (χ1v) is 5.50. The molecule has 2 aromatic rings. The number of nitrogens with zero attached hydrogens (tertiary/aromatic N) is 1. The maximum absolute atomic E-state index is 12.4. The van der Waals surface area contributed by atoms with Gasteiger partial charge in [-0.2, -0.15) is 0 Å². The first-order valence-electron chi connectivity index (χ1n) is 5.50. The molecule has 20 heavy (non-hydrogen) atoms. The molecule has 2 rings (SSSR count). The number of fused-ring (bicyclic) bond motifs is 1. The maximum atomic E-state index is 12.4. The van der Waals surface area contributed by atoms with Gasteiger partial charge in [0, 0.05) is 11.5 Å². The molecule has 0 spiro atoms. The number of ether oxygens (including phenoxy) is 3. The van der Waals surface area contributed by atoms with E-state index in [4.69, 9.17) is 15.2 Å². The number of benzene rings is 1. The Kier molecular flexibility index (Phi) is 4.34. The van der Waals surface area contributed by atoms with Crippen molar-refractivity contribution in [1.29, 1.82) is 0 Å². The monoisotopic (exact) mass is 288 g/mol. The van der Waals surface area contributed by atoms with Crippen LogP contribution in [0.5, 0.6) is 17.4 Å². The van der Waals surface area contributed by atoms with Gasteiger partial charge in [-0.05, 0) is 12.1 Å². The smallest absolute Gasteiger partial charge is 0.230 e. The molecule has 0 saturated heterocycles. The Morgan fingerprint density at radius 2 is 1.70 bits per heavy atom. The summed E-state index contributed by atoms with van der Waals surface area (Å²) in [6.07, 6.45) is 0. The molecule has 0 aliphatic heterocycles. The van der Waals surface area contributed by atoms with E-state index in [-0.39, 0.29) is 28.6 Å². The van der Waals surface area contributed by atoms with Gasteiger partial charge in [0.05, 0.1) is 0 Å². The molecule has 0 radical (unpaired) electrons. The normalized spacial score (nSPS) is 10.6. The lowest BCUT2D eigenvalue weighted by Crippen LogP contribution is -2.03. The number of hydrogen-bond donors (Lipinski definition) is 1. The van der Waals surface area contributed by atoms with Gasteiger partial charge in [-0.3, -0.25) is 0 Å². The fraction of sp³-hybridized carbons (Fsp3) is 0.250. The van der Waals surface area contributed by atoms with Crippen molar-refractivity contribution in [2.24, 2.45) is 0 Å². The molecule has 0 aliphatic rings. The van der Waals surface area contributed by atoms with Crippen LogP contribution in [0.3, 0.4) is 0 Å². The fourth-order valence-corrected chi connectivity index (χ4v) is 1.74. The summed E-state index contributed by atoms with van der Waals surface area (Å²) in [7, 11) is 0. The van der Waals surface area contributed by atoms with Gasteiger partial charge in [-0.15, -0.1) is 0 Å². The van der Waals surface area contributed by atoms with Crippen LogP contribution in [0.2, 0.25) is 0 Å². The fourth-order valence-electron chi connectivity index (χ4n) is 1.74. The van der Waals surface area contributed by atoms with Crippen molar-refractivity contribution in [3.8, 4) is 17.4 Å². The lowest BCUT2D eigenvalue weighted by atomic mass is 10.1. The van der Waals surface area contributed by atoms with E-state index in [2.05, 4.69) is 9.72 Å². The first-order chi connectivity index (χ1) is 9.71. The van der Waals surface area contributed by atoms with Crippen molar-refractivity contribution in [1.82, 2.24) is 4.98 Å². The molecule has 0 fully saturated rings. The second-order valence-corrected chi connectivity index (χ2v) is 3.60. The number of halogens is 3. The Morgan fingerprint density at radius 1 is 1.00 bits per heavy atom. The highest BCUT2D eigenvalue weighted by molar-refractivity contribution is 5.95. The van der Waals surface area contributed by atoms with Crippen LogP contribution in [0, 0.1) is 0 Å². The molecule has 0 atom stereocenters. The van der Waals surface area contributed by atoms with E-state index in [0.29, 0.717) is 5.39 Å². The topological polar surface area (TPSA) is 66.6 Å². The van der Waals surface area contributed by atoms with E-state index >= 15 is 0 Å². The predicted octanol–water partition coefficient (Wildman–Crippen LogP) is 2.73. The molecular formula is C12H11F3N2O3. The zero-order valence-corrected chi connectivity index (χ0v) is 10.2. The van der Waals surface area contributed by atoms with E-state index in [9.17, 15) is 13.2 Å². The molecule has 1 heterocycles. The Balaban J connectivity index is 2.59. The van der Waals surface area contributed by atoms with Crippen LogP contribution < -0.4 is 19.9 Å². The highest BCUT2D eigenvalue weighted by Crippen LogP contribution is 2.40. The second kappa shape index (κ2) is 6.18. The summed E-state index contributed by atoms with van der Waals surface area (Å²) in [5, 5.41) is 0.489. The number of nitrogens with two attached hydrogens (primary N) is 1. The molecule has 8 heteroatoms. The molecule has 2 N–H and O–H groups in total. The predicted molar refractivity (Wildman–Crippen MR) is 66.0 cm³/mol. The SMILES string of the molecule is Nc1c(OCF)c(OCF)cc2ccc(OCF)nc12. The minimum atomic E-state index is -1.17. The molecule has 0 unspecified atom stereocenters. The maximum Gasteiger partial charge on any atom is 0.230 e. The Labute approximate surface area is 112 Å². The summed E-state index contributed by atoms with van der Waals surface area (Å²) < 4.78 is 50.8. The summed E-state index contributed by atoms with van der Waals surface area (Å²) in [5.74, 6) is -0.198. The van der Waals surface area contributed by atoms with Crippen LogP contribution in [0.1, 0.15) is 0 Å². The standard InChI is InChI=1S/C12H11F3N2O3/c13-4-18-8-3-7-1-2-9(19-5-14)17-11(7)10(16)12(8)20-6-15/h1-3H,4-6,16H2. The van der Waals surface area contributed by atoms with Crippen molar-refractivity contribution in [3.63, 3.8) is 0 Å². The number of nitrogen functional groups attached to an aromatic ring is 1. The Morgan fingerprint density at radius 3 is 2.35 bits per heavy atom. The highest BCUT2D eigenvalue weighted by Gasteiger charge is 2.16.